The number of hydrogen-bond donors (Lipinski definition) is 1. The molecule has 1 heterocycles. The Bertz CT molecular complexity index is 830. The Kier molecular flexibility index (Phi) is 4.36. The second-order valence-electron chi connectivity index (χ2n) is 4.37. The van der Waals surface area contributed by atoms with Crippen molar-refractivity contribution in [3.63, 3.8) is 0 Å². The summed E-state index contributed by atoms with van der Waals surface area (Å²) in [5.74, 6) is 0.202. The first-order valence-electron chi connectivity index (χ1n) is 6.56. The lowest BCUT2D eigenvalue weighted by Crippen LogP contribution is -2.04. The Labute approximate surface area is 128 Å². The number of aliphatic imine (C=N–C) groups is 1. The van der Waals surface area contributed by atoms with Gasteiger partial charge in [-0.05, 0) is 19.1 Å². The van der Waals surface area contributed by atoms with Crippen molar-refractivity contribution in [3.05, 3.63) is 41.6 Å². The Morgan fingerprint density at radius 1 is 1.45 bits per heavy atom. The minimum Gasteiger partial charge on any atom is -0.382 e. The number of nitrogens with two attached hydrogens (primary N) is 1. The number of nitrogen functional groups attached to an aromatic ring is 1. The summed E-state index contributed by atoms with van der Waals surface area (Å²) in [6, 6.07) is 9.47. The topological polar surface area (TPSA) is 104 Å². The molecule has 0 unspecified atom stereocenters. The van der Waals surface area contributed by atoms with Crippen molar-refractivity contribution in [2.45, 2.75) is 13.3 Å². The fraction of sp³-hybridized carbons (Fsp3) is 0.125. The monoisotopic (exact) mass is 290 g/mol. The molecule has 0 saturated heterocycles. The number of aromatic nitrogens is 2. The summed E-state index contributed by atoms with van der Waals surface area (Å²) in [6.07, 6.45) is 3.37. The van der Waals surface area contributed by atoms with Gasteiger partial charge in [0.05, 0.1) is 29.6 Å². The van der Waals surface area contributed by atoms with Crippen molar-refractivity contribution in [2.75, 3.05) is 5.73 Å². The molecule has 0 radical (unpaired) electrons. The van der Waals surface area contributed by atoms with Crippen LogP contribution in [0.3, 0.4) is 0 Å². The number of benzene rings is 1. The third kappa shape index (κ3) is 2.46. The molecule has 2 N–H and O–H groups in total. The van der Waals surface area contributed by atoms with Crippen LogP contribution in [0.4, 0.5) is 11.5 Å². The lowest BCUT2D eigenvalue weighted by atomic mass is 10.1. The van der Waals surface area contributed by atoms with Gasteiger partial charge in [-0.15, -0.1) is 0 Å². The second-order valence-corrected chi connectivity index (χ2v) is 4.37. The molecule has 108 valence electrons. The minimum atomic E-state index is 0.0241. The first-order valence-corrected chi connectivity index (χ1v) is 6.56. The van der Waals surface area contributed by atoms with Gasteiger partial charge in [0.15, 0.2) is 0 Å². The highest BCUT2D eigenvalue weighted by molar-refractivity contribution is 5.75. The van der Waals surface area contributed by atoms with Crippen LogP contribution < -0.4 is 5.73 Å². The van der Waals surface area contributed by atoms with E-state index in [-0.39, 0.29) is 17.8 Å². The average molecular weight is 290 g/mol. The molecule has 2 aromatic rings. The molecule has 0 spiro atoms. The van der Waals surface area contributed by atoms with E-state index in [1.54, 1.807) is 12.3 Å². The fourth-order valence-corrected chi connectivity index (χ4v) is 2.17. The molecule has 0 atom stereocenters. The lowest BCUT2D eigenvalue weighted by molar-refractivity contribution is 0.860. The van der Waals surface area contributed by atoms with Crippen LogP contribution in [-0.4, -0.2) is 16.0 Å². The van der Waals surface area contributed by atoms with Gasteiger partial charge < -0.3 is 5.73 Å². The van der Waals surface area contributed by atoms with E-state index in [9.17, 15) is 5.26 Å². The number of anilines is 1. The summed E-state index contributed by atoms with van der Waals surface area (Å²) in [4.78, 5) is 4.28. The van der Waals surface area contributed by atoms with Gasteiger partial charge in [-0.25, -0.2) is 4.68 Å². The van der Waals surface area contributed by atoms with Gasteiger partial charge in [-0.1, -0.05) is 18.7 Å². The van der Waals surface area contributed by atoms with Crippen molar-refractivity contribution in [2.24, 2.45) is 4.99 Å². The molecule has 0 aliphatic heterocycles. The molecule has 2 rings (SSSR count). The van der Waals surface area contributed by atoms with E-state index in [1.807, 2.05) is 37.3 Å². The maximum atomic E-state index is 9.22. The third-order valence-electron chi connectivity index (χ3n) is 3.11. The van der Waals surface area contributed by atoms with E-state index in [0.717, 1.165) is 11.3 Å². The van der Waals surface area contributed by atoms with Gasteiger partial charge in [0.2, 0.25) is 0 Å². The predicted octanol–water partition coefficient (Wildman–Crippen LogP) is 2.76. The highest BCUT2D eigenvalue weighted by Crippen LogP contribution is 2.29. The predicted molar refractivity (Wildman–Crippen MR) is 85.9 cm³/mol. The number of hydrogen-bond acceptors (Lipinski definition) is 5. The zero-order chi connectivity index (χ0) is 16.1. The molecule has 0 amide bonds. The van der Waals surface area contributed by atoms with Crippen molar-refractivity contribution in [1.29, 1.82) is 10.5 Å². The van der Waals surface area contributed by atoms with Crippen LogP contribution in [0, 0.1) is 22.7 Å². The standard InChI is InChI=1S/C16H14N6/c1-3-11-13(20-4-2)6-5-7-15(11)22-16(19)12(10-18)14(21-22)8-9-17/h3-7H,1,8,19H2,2H3/b20-4-. The summed E-state index contributed by atoms with van der Waals surface area (Å²) in [7, 11) is 0. The van der Waals surface area contributed by atoms with Crippen molar-refractivity contribution in [3.8, 4) is 17.8 Å². The van der Waals surface area contributed by atoms with Crippen LogP contribution in [0.25, 0.3) is 11.8 Å². The zero-order valence-corrected chi connectivity index (χ0v) is 12.1. The quantitative estimate of drug-likeness (QED) is 0.874. The molecule has 0 saturated carbocycles. The van der Waals surface area contributed by atoms with Crippen molar-refractivity contribution < 1.29 is 0 Å². The van der Waals surface area contributed by atoms with E-state index >= 15 is 0 Å². The van der Waals surface area contributed by atoms with Crippen LogP contribution in [0.1, 0.15) is 23.7 Å². The average Bonchev–Trinajstić information content (AvgIpc) is 2.83. The maximum absolute atomic E-state index is 9.22. The number of nitrogens with zero attached hydrogens (tertiary/aromatic N) is 5. The molecular weight excluding hydrogens is 276 g/mol. The van der Waals surface area contributed by atoms with Crippen molar-refractivity contribution in [1.82, 2.24) is 9.78 Å². The summed E-state index contributed by atoms with van der Waals surface area (Å²) in [6.45, 7) is 5.62. The van der Waals surface area contributed by atoms with Crippen LogP contribution in [0.2, 0.25) is 0 Å². The summed E-state index contributed by atoms with van der Waals surface area (Å²) in [5, 5.41) is 22.4. The molecule has 1 aromatic heterocycles. The van der Waals surface area contributed by atoms with Crippen LogP contribution in [0.5, 0.6) is 0 Å². The minimum absolute atomic E-state index is 0.0241. The van der Waals surface area contributed by atoms with E-state index in [1.165, 1.54) is 4.68 Å². The van der Waals surface area contributed by atoms with Crippen molar-refractivity contribution >= 4 is 23.8 Å². The van der Waals surface area contributed by atoms with Gasteiger partial charge in [0.25, 0.3) is 0 Å². The smallest absolute Gasteiger partial charge is 0.145 e. The lowest BCUT2D eigenvalue weighted by Gasteiger charge is -2.10. The highest BCUT2D eigenvalue weighted by Gasteiger charge is 2.18. The number of rotatable bonds is 4. The van der Waals surface area contributed by atoms with E-state index in [0.29, 0.717) is 11.4 Å². The first-order chi connectivity index (χ1) is 10.7. The van der Waals surface area contributed by atoms with Gasteiger partial charge >= 0.3 is 0 Å². The molecule has 0 aliphatic rings. The summed E-state index contributed by atoms with van der Waals surface area (Å²) < 4.78 is 1.46. The Morgan fingerprint density at radius 3 is 2.82 bits per heavy atom. The second kappa shape index (κ2) is 6.38. The fourth-order valence-electron chi connectivity index (χ4n) is 2.17. The summed E-state index contributed by atoms with van der Waals surface area (Å²) >= 11 is 0. The van der Waals surface area contributed by atoms with E-state index in [4.69, 9.17) is 11.0 Å². The van der Waals surface area contributed by atoms with Gasteiger partial charge in [0.1, 0.15) is 17.5 Å². The normalized spacial score (nSPS) is 10.3. The molecule has 6 nitrogen and oxygen atoms in total. The van der Waals surface area contributed by atoms with E-state index in [2.05, 4.69) is 16.7 Å². The van der Waals surface area contributed by atoms with Crippen LogP contribution >= 0.6 is 0 Å². The van der Waals surface area contributed by atoms with Crippen LogP contribution in [0.15, 0.2) is 29.8 Å². The Balaban J connectivity index is 2.73. The molecule has 0 aliphatic carbocycles. The summed E-state index contributed by atoms with van der Waals surface area (Å²) in [5.41, 5.74) is 8.75. The van der Waals surface area contributed by atoms with Gasteiger partial charge in [-0.3, -0.25) is 4.99 Å². The molecule has 0 bridgehead atoms. The largest absolute Gasteiger partial charge is 0.382 e. The first kappa shape index (κ1) is 15.0. The maximum Gasteiger partial charge on any atom is 0.145 e. The van der Waals surface area contributed by atoms with Crippen LogP contribution in [-0.2, 0) is 6.42 Å². The molecular formula is C16H14N6. The SMILES string of the molecule is C=Cc1c(/N=C\C)cccc1-n1nc(CC#N)c(C#N)c1N. The molecule has 0 fully saturated rings. The van der Waals surface area contributed by atoms with Gasteiger partial charge in [0, 0.05) is 11.8 Å². The molecule has 6 heteroatoms. The highest BCUT2D eigenvalue weighted by atomic mass is 15.3. The zero-order valence-electron chi connectivity index (χ0n) is 12.1. The van der Waals surface area contributed by atoms with Gasteiger partial charge in [-0.2, -0.15) is 15.6 Å². The third-order valence-corrected chi connectivity index (χ3v) is 3.11. The molecule has 1 aromatic carbocycles. The Hall–Kier alpha value is -3.38. The Morgan fingerprint density at radius 2 is 2.23 bits per heavy atom. The van der Waals surface area contributed by atoms with E-state index < -0.39 is 0 Å². The number of nitriles is 2. The molecule has 22 heavy (non-hydrogen) atoms.